The standard InChI is InChI=1S/C40H38F2N2O6.Na.H/c1-25(2)44-35(20-19-32(45)22-33(46)23-36(47)48)37(27-11-15-29(41)16-12-27)38(28-13-17-30(42)18-14-28)39(44)40(49)43-31-9-6-10-34(21-31)50-24-26-7-4-3-5-8-26;;/h3-21,25,32-33,45-46H,22-24H2,1-2H3,(H,43,49)(H,47,48);;/q;+1;-1/t32-,33-;;/m1../s1. The first-order valence-corrected chi connectivity index (χ1v) is 16.1. The van der Waals surface area contributed by atoms with E-state index in [-0.39, 0.29) is 49.1 Å². The molecule has 0 saturated carbocycles. The Kier molecular flexibility index (Phi) is 13.9. The molecule has 1 heterocycles. The van der Waals surface area contributed by atoms with Gasteiger partial charge in [0.25, 0.3) is 5.91 Å². The SMILES string of the molecule is CC(C)n1c(C=C[C@@H](O)C[C@@H](O)CC(=O)O)c(-c2ccc(F)cc2)c(-c2ccc(F)cc2)c1C(=O)Nc1cccc(OCc2ccccc2)c1.[H-].[Na+]. The van der Waals surface area contributed by atoms with Crippen LogP contribution in [0.4, 0.5) is 14.5 Å². The van der Waals surface area contributed by atoms with Gasteiger partial charge < -0.3 is 31.4 Å². The van der Waals surface area contributed by atoms with Crippen LogP contribution in [0.15, 0.2) is 109 Å². The average molecular weight is 705 g/mol. The summed E-state index contributed by atoms with van der Waals surface area (Å²) in [5, 5.41) is 32.9. The number of aliphatic carboxylic acids is 1. The summed E-state index contributed by atoms with van der Waals surface area (Å²) in [5.41, 5.74) is 4.17. The number of carboxylic acids is 1. The zero-order chi connectivity index (χ0) is 35.8. The van der Waals surface area contributed by atoms with Gasteiger partial charge in [-0.2, -0.15) is 0 Å². The minimum atomic E-state index is -1.29. The first-order chi connectivity index (χ1) is 24.0. The number of aliphatic hydroxyl groups excluding tert-OH is 2. The normalized spacial score (nSPS) is 12.4. The summed E-state index contributed by atoms with van der Waals surface area (Å²) < 4.78 is 36.1. The number of hydrogen-bond acceptors (Lipinski definition) is 5. The van der Waals surface area contributed by atoms with Crippen molar-refractivity contribution >= 4 is 23.6 Å². The van der Waals surface area contributed by atoms with Crippen LogP contribution in [0.3, 0.4) is 0 Å². The summed E-state index contributed by atoms with van der Waals surface area (Å²) in [7, 11) is 0. The van der Waals surface area contributed by atoms with Crippen LogP contribution in [0.2, 0.25) is 0 Å². The van der Waals surface area contributed by atoms with Crippen molar-refractivity contribution < 1.29 is 69.4 Å². The molecule has 51 heavy (non-hydrogen) atoms. The van der Waals surface area contributed by atoms with Crippen molar-refractivity contribution in [2.75, 3.05) is 5.32 Å². The number of amides is 1. The molecule has 5 rings (SSSR count). The fourth-order valence-electron chi connectivity index (χ4n) is 5.78. The zero-order valence-corrected chi connectivity index (χ0v) is 30.6. The van der Waals surface area contributed by atoms with Crippen LogP contribution in [-0.4, -0.2) is 44.0 Å². The van der Waals surface area contributed by atoms with Crippen molar-refractivity contribution in [1.29, 1.82) is 0 Å². The molecule has 0 saturated heterocycles. The minimum Gasteiger partial charge on any atom is -1.00 e. The number of nitrogens with one attached hydrogen (secondary N) is 1. The second kappa shape index (κ2) is 18.1. The Hall–Kier alpha value is -4.58. The summed E-state index contributed by atoms with van der Waals surface area (Å²) in [6, 6.07) is 27.7. The van der Waals surface area contributed by atoms with Gasteiger partial charge >= 0.3 is 35.5 Å². The van der Waals surface area contributed by atoms with E-state index >= 15 is 0 Å². The molecule has 0 radical (unpaired) electrons. The quantitative estimate of drug-likeness (QED) is 0.118. The van der Waals surface area contributed by atoms with Crippen molar-refractivity contribution in [3.8, 4) is 28.0 Å². The Bertz CT molecular complexity index is 1970. The van der Waals surface area contributed by atoms with E-state index in [2.05, 4.69) is 5.32 Å². The van der Waals surface area contributed by atoms with Crippen molar-refractivity contribution in [2.45, 2.75) is 51.5 Å². The number of benzene rings is 4. The van der Waals surface area contributed by atoms with Gasteiger partial charge in [-0.05, 0) is 73.0 Å². The summed E-state index contributed by atoms with van der Waals surface area (Å²) in [5.74, 6) is -2.08. The first kappa shape index (κ1) is 39.2. The van der Waals surface area contributed by atoms with Crippen LogP contribution >= 0.6 is 0 Å². The molecule has 260 valence electrons. The predicted octanol–water partition coefficient (Wildman–Crippen LogP) is 5.23. The Morgan fingerprint density at radius 3 is 2.06 bits per heavy atom. The van der Waals surface area contributed by atoms with Crippen LogP contribution in [0.5, 0.6) is 5.75 Å². The molecule has 8 nitrogen and oxygen atoms in total. The summed E-state index contributed by atoms with van der Waals surface area (Å²) >= 11 is 0. The third-order valence-corrected chi connectivity index (χ3v) is 7.98. The second-order valence-electron chi connectivity index (χ2n) is 12.1. The van der Waals surface area contributed by atoms with Crippen LogP contribution in [0, 0.1) is 11.6 Å². The van der Waals surface area contributed by atoms with Gasteiger partial charge in [0.2, 0.25) is 0 Å². The van der Waals surface area contributed by atoms with Crippen molar-refractivity contribution in [2.24, 2.45) is 0 Å². The van der Waals surface area contributed by atoms with Crippen LogP contribution < -0.4 is 39.6 Å². The molecule has 0 unspecified atom stereocenters. The van der Waals surface area contributed by atoms with E-state index in [0.717, 1.165) is 5.56 Å². The molecule has 0 aliphatic heterocycles. The molecule has 11 heteroatoms. The molecule has 0 bridgehead atoms. The Labute approximate surface area is 318 Å². The Morgan fingerprint density at radius 1 is 0.863 bits per heavy atom. The molecule has 5 aromatic rings. The number of rotatable bonds is 14. The molecular formula is C40H39F2N2NaO6. The Balaban J connectivity index is 0.00000364. The zero-order valence-electron chi connectivity index (χ0n) is 29.6. The van der Waals surface area contributed by atoms with Crippen LogP contribution in [0.1, 0.15) is 55.9 Å². The number of carboxylic acid groups (broad SMARTS) is 1. The van der Waals surface area contributed by atoms with Gasteiger partial charge in [0.05, 0.1) is 18.6 Å². The average Bonchev–Trinajstić information content (AvgIpc) is 3.43. The van der Waals surface area contributed by atoms with E-state index in [0.29, 0.717) is 46.0 Å². The third-order valence-electron chi connectivity index (χ3n) is 7.98. The van der Waals surface area contributed by atoms with Gasteiger partial charge in [-0.15, -0.1) is 0 Å². The second-order valence-corrected chi connectivity index (χ2v) is 12.1. The van der Waals surface area contributed by atoms with E-state index in [4.69, 9.17) is 9.84 Å². The van der Waals surface area contributed by atoms with E-state index in [1.165, 1.54) is 30.3 Å². The number of halogens is 2. The molecule has 1 amide bonds. The maximum Gasteiger partial charge on any atom is 1.00 e. The molecule has 1 aromatic heterocycles. The summed E-state index contributed by atoms with van der Waals surface area (Å²) in [6.07, 6.45) is -0.284. The van der Waals surface area contributed by atoms with Gasteiger partial charge in [0, 0.05) is 41.0 Å². The van der Waals surface area contributed by atoms with Gasteiger partial charge in [-0.25, -0.2) is 8.78 Å². The van der Waals surface area contributed by atoms with E-state index < -0.39 is 42.1 Å². The number of nitrogens with zero attached hydrogens (tertiary/aromatic N) is 1. The topological polar surface area (TPSA) is 121 Å². The fourth-order valence-corrected chi connectivity index (χ4v) is 5.78. The molecule has 2 atom stereocenters. The van der Waals surface area contributed by atoms with Crippen LogP contribution in [-0.2, 0) is 11.4 Å². The van der Waals surface area contributed by atoms with Gasteiger partial charge in [-0.3, -0.25) is 9.59 Å². The molecule has 4 N–H and O–H groups in total. The monoisotopic (exact) mass is 704 g/mol. The largest absolute Gasteiger partial charge is 1.00 e. The van der Waals surface area contributed by atoms with E-state index in [1.807, 2.05) is 44.2 Å². The molecule has 0 fully saturated rings. The van der Waals surface area contributed by atoms with Crippen molar-refractivity contribution in [3.05, 3.63) is 138 Å². The van der Waals surface area contributed by atoms with Crippen molar-refractivity contribution in [1.82, 2.24) is 4.57 Å². The molecule has 0 aliphatic carbocycles. The fraction of sp³-hybridized carbons (Fsp3) is 0.200. The number of carbonyl (C=O) groups is 2. The number of aliphatic hydroxyl groups is 2. The maximum atomic E-state index is 14.5. The van der Waals surface area contributed by atoms with Gasteiger partial charge in [-0.1, -0.05) is 66.7 Å². The molecular weight excluding hydrogens is 665 g/mol. The van der Waals surface area contributed by atoms with E-state index in [1.54, 1.807) is 59.2 Å². The smallest absolute Gasteiger partial charge is 1.00 e. The molecule has 0 aliphatic rings. The van der Waals surface area contributed by atoms with Gasteiger partial charge in [0.1, 0.15) is 29.7 Å². The summed E-state index contributed by atoms with van der Waals surface area (Å²) in [6.45, 7) is 4.09. The maximum absolute atomic E-state index is 14.5. The number of ether oxygens (including phenoxy) is 1. The van der Waals surface area contributed by atoms with Gasteiger partial charge in [0.15, 0.2) is 0 Å². The molecule has 0 spiro atoms. The predicted molar refractivity (Wildman–Crippen MR) is 190 cm³/mol. The van der Waals surface area contributed by atoms with E-state index in [9.17, 15) is 28.6 Å². The Morgan fingerprint density at radius 2 is 1.47 bits per heavy atom. The first-order valence-electron chi connectivity index (χ1n) is 16.1. The number of carbonyl (C=O) groups excluding carboxylic acids is 1. The van der Waals surface area contributed by atoms with Crippen LogP contribution in [0.25, 0.3) is 28.3 Å². The molecule has 4 aromatic carbocycles. The minimum absolute atomic E-state index is 0. The number of aromatic nitrogens is 1. The third kappa shape index (κ3) is 10.2. The summed E-state index contributed by atoms with van der Waals surface area (Å²) in [4.78, 5) is 25.5. The number of hydrogen-bond donors (Lipinski definition) is 4. The number of anilines is 1. The van der Waals surface area contributed by atoms with Crippen molar-refractivity contribution in [3.63, 3.8) is 0 Å².